The lowest BCUT2D eigenvalue weighted by Crippen LogP contribution is -2.46. The molecule has 0 amide bonds. The van der Waals surface area contributed by atoms with Gasteiger partial charge < -0.3 is 15.5 Å². The van der Waals surface area contributed by atoms with E-state index in [2.05, 4.69) is 57.9 Å². The first-order chi connectivity index (χ1) is 12.2. The van der Waals surface area contributed by atoms with E-state index >= 15 is 0 Å². The Morgan fingerprint density at radius 1 is 1.12 bits per heavy atom. The van der Waals surface area contributed by atoms with Crippen LogP contribution >= 0.6 is 24.0 Å². The van der Waals surface area contributed by atoms with Crippen LogP contribution in [0.5, 0.6) is 0 Å². The molecule has 0 spiro atoms. The van der Waals surface area contributed by atoms with Gasteiger partial charge in [-0.05, 0) is 57.3 Å². The van der Waals surface area contributed by atoms with Gasteiger partial charge in [0.1, 0.15) is 0 Å². The van der Waals surface area contributed by atoms with E-state index < -0.39 is 0 Å². The molecule has 0 bridgehead atoms. The molecule has 1 aliphatic carbocycles. The molecular weight excluding hydrogens is 435 g/mol. The first-order valence-electron chi connectivity index (χ1n) is 9.90. The monoisotopic (exact) mass is 470 g/mol. The Hall–Kier alpha value is -0.820. The summed E-state index contributed by atoms with van der Waals surface area (Å²) in [5.41, 5.74) is 1.75. The van der Waals surface area contributed by atoms with E-state index in [1.807, 2.05) is 7.05 Å². The minimum absolute atomic E-state index is 0. The number of nitrogens with zero attached hydrogens (tertiary/aromatic N) is 2. The summed E-state index contributed by atoms with van der Waals surface area (Å²) in [6, 6.07) is 11.0. The molecule has 2 aliphatic rings. The maximum atomic E-state index is 4.46. The molecule has 0 unspecified atom stereocenters. The van der Waals surface area contributed by atoms with E-state index in [9.17, 15) is 0 Å². The number of piperidine rings is 1. The average molecular weight is 470 g/mol. The zero-order valence-electron chi connectivity index (χ0n) is 16.3. The van der Waals surface area contributed by atoms with Gasteiger partial charge in [0, 0.05) is 25.6 Å². The summed E-state index contributed by atoms with van der Waals surface area (Å²) >= 11 is 0. The van der Waals surface area contributed by atoms with Gasteiger partial charge in [0.2, 0.25) is 0 Å². The highest BCUT2D eigenvalue weighted by atomic mass is 127. The van der Waals surface area contributed by atoms with Gasteiger partial charge in [0.05, 0.1) is 0 Å². The first-order valence-corrected chi connectivity index (χ1v) is 9.90. The zero-order chi connectivity index (χ0) is 17.5. The third-order valence-corrected chi connectivity index (χ3v) is 6.16. The molecule has 3 rings (SSSR count). The van der Waals surface area contributed by atoms with Crippen LogP contribution in [0.3, 0.4) is 0 Å². The fourth-order valence-corrected chi connectivity index (χ4v) is 4.39. The summed E-state index contributed by atoms with van der Waals surface area (Å²) in [5, 5.41) is 7.19. The quantitative estimate of drug-likeness (QED) is 0.393. The van der Waals surface area contributed by atoms with E-state index in [1.54, 1.807) is 0 Å². The van der Waals surface area contributed by atoms with Crippen LogP contribution in [-0.2, 0) is 5.41 Å². The Morgan fingerprint density at radius 2 is 1.77 bits per heavy atom. The van der Waals surface area contributed by atoms with Crippen molar-refractivity contribution in [1.82, 2.24) is 15.5 Å². The number of guanidine groups is 1. The van der Waals surface area contributed by atoms with E-state index in [0.29, 0.717) is 0 Å². The molecule has 1 aliphatic heterocycles. The van der Waals surface area contributed by atoms with E-state index in [4.69, 9.17) is 0 Å². The van der Waals surface area contributed by atoms with Gasteiger partial charge in [0.25, 0.3) is 0 Å². The van der Waals surface area contributed by atoms with Crippen molar-refractivity contribution in [1.29, 1.82) is 0 Å². The summed E-state index contributed by atoms with van der Waals surface area (Å²) in [6.45, 7) is 4.45. The molecule has 146 valence electrons. The van der Waals surface area contributed by atoms with E-state index in [-0.39, 0.29) is 29.4 Å². The van der Waals surface area contributed by atoms with E-state index in [1.165, 1.54) is 57.2 Å². The van der Waals surface area contributed by atoms with Crippen LogP contribution in [0.15, 0.2) is 35.3 Å². The second-order valence-electron chi connectivity index (χ2n) is 7.91. The van der Waals surface area contributed by atoms with Crippen LogP contribution < -0.4 is 10.6 Å². The van der Waals surface area contributed by atoms with Gasteiger partial charge in [-0.15, -0.1) is 24.0 Å². The van der Waals surface area contributed by atoms with Crippen LogP contribution in [0, 0.1) is 5.92 Å². The summed E-state index contributed by atoms with van der Waals surface area (Å²) in [5.74, 6) is 1.73. The van der Waals surface area contributed by atoms with Gasteiger partial charge in [-0.1, -0.05) is 43.2 Å². The highest BCUT2D eigenvalue weighted by molar-refractivity contribution is 14.0. The second-order valence-corrected chi connectivity index (χ2v) is 7.91. The number of halogens is 1. The molecule has 1 aromatic rings. The smallest absolute Gasteiger partial charge is 0.191 e. The van der Waals surface area contributed by atoms with Crippen LogP contribution in [-0.4, -0.2) is 51.1 Å². The van der Waals surface area contributed by atoms with Gasteiger partial charge in [-0.25, -0.2) is 0 Å². The Labute approximate surface area is 176 Å². The normalized spacial score (nSPS) is 21.2. The Kier molecular flexibility index (Phi) is 8.67. The van der Waals surface area contributed by atoms with Gasteiger partial charge in [0.15, 0.2) is 5.96 Å². The molecule has 1 saturated heterocycles. The SMILES string of the molecule is CN=C(NCC1CCN(C)CC1)NCC1(c2ccccc2)CCCC1.I. The number of rotatable bonds is 5. The van der Waals surface area contributed by atoms with Gasteiger partial charge in [-0.2, -0.15) is 0 Å². The summed E-state index contributed by atoms with van der Waals surface area (Å²) in [7, 11) is 4.10. The van der Waals surface area contributed by atoms with Crippen LogP contribution in [0.4, 0.5) is 0 Å². The number of likely N-dealkylation sites (tertiary alicyclic amines) is 1. The topological polar surface area (TPSA) is 39.7 Å². The van der Waals surface area contributed by atoms with Crippen LogP contribution in [0.1, 0.15) is 44.1 Å². The van der Waals surface area contributed by atoms with E-state index in [0.717, 1.165) is 25.0 Å². The molecule has 2 fully saturated rings. The highest BCUT2D eigenvalue weighted by Crippen LogP contribution is 2.40. The molecule has 0 aromatic heterocycles. The third-order valence-electron chi connectivity index (χ3n) is 6.16. The van der Waals surface area contributed by atoms with Gasteiger partial charge in [-0.3, -0.25) is 4.99 Å². The minimum atomic E-state index is 0. The fraction of sp³-hybridized carbons (Fsp3) is 0.667. The van der Waals surface area contributed by atoms with Crippen molar-refractivity contribution in [2.45, 2.75) is 43.9 Å². The molecule has 1 heterocycles. The molecule has 2 N–H and O–H groups in total. The fourth-order valence-electron chi connectivity index (χ4n) is 4.39. The Morgan fingerprint density at radius 3 is 2.38 bits per heavy atom. The highest BCUT2D eigenvalue weighted by Gasteiger charge is 2.35. The molecule has 1 aromatic carbocycles. The predicted molar refractivity (Wildman–Crippen MR) is 122 cm³/mol. The largest absolute Gasteiger partial charge is 0.356 e. The van der Waals surface area contributed by atoms with Crippen molar-refractivity contribution in [3.63, 3.8) is 0 Å². The number of hydrogen-bond donors (Lipinski definition) is 2. The van der Waals surface area contributed by atoms with Gasteiger partial charge >= 0.3 is 0 Å². The van der Waals surface area contributed by atoms with Crippen molar-refractivity contribution < 1.29 is 0 Å². The van der Waals surface area contributed by atoms with Crippen molar-refractivity contribution in [2.75, 3.05) is 40.3 Å². The number of benzene rings is 1. The van der Waals surface area contributed by atoms with Crippen LogP contribution in [0.2, 0.25) is 0 Å². The standard InChI is InChI=1S/C21H34N4.HI/c1-22-20(23-16-18-10-14-25(2)15-11-18)24-17-21(12-6-7-13-21)19-8-4-3-5-9-19;/h3-5,8-9,18H,6-7,10-17H2,1-2H3,(H2,22,23,24);1H. The molecule has 26 heavy (non-hydrogen) atoms. The molecule has 0 atom stereocenters. The van der Waals surface area contributed by atoms with Crippen molar-refractivity contribution >= 4 is 29.9 Å². The number of nitrogens with one attached hydrogen (secondary N) is 2. The lowest BCUT2D eigenvalue weighted by Gasteiger charge is -2.32. The maximum Gasteiger partial charge on any atom is 0.191 e. The van der Waals surface area contributed by atoms with Crippen molar-refractivity contribution in [2.24, 2.45) is 10.9 Å². The molecular formula is C21H35IN4. The van der Waals surface area contributed by atoms with Crippen molar-refractivity contribution in [3.05, 3.63) is 35.9 Å². The summed E-state index contributed by atoms with van der Waals surface area (Å²) < 4.78 is 0. The first kappa shape index (κ1) is 21.5. The summed E-state index contributed by atoms with van der Waals surface area (Å²) in [6.07, 6.45) is 7.78. The zero-order valence-corrected chi connectivity index (χ0v) is 18.7. The third kappa shape index (κ3) is 5.59. The average Bonchev–Trinajstić information content (AvgIpc) is 3.14. The summed E-state index contributed by atoms with van der Waals surface area (Å²) in [4.78, 5) is 6.88. The molecule has 0 radical (unpaired) electrons. The number of hydrogen-bond acceptors (Lipinski definition) is 2. The minimum Gasteiger partial charge on any atom is -0.356 e. The lowest BCUT2D eigenvalue weighted by atomic mass is 9.79. The Balaban J connectivity index is 0.00000243. The molecule has 4 nitrogen and oxygen atoms in total. The molecule has 1 saturated carbocycles. The number of aliphatic imine (C=N–C) groups is 1. The lowest BCUT2D eigenvalue weighted by molar-refractivity contribution is 0.220. The Bertz CT molecular complexity index is 546. The van der Waals surface area contributed by atoms with Crippen LogP contribution in [0.25, 0.3) is 0 Å². The van der Waals surface area contributed by atoms with Crippen molar-refractivity contribution in [3.8, 4) is 0 Å². The predicted octanol–water partition coefficient (Wildman–Crippen LogP) is 3.62. The maximum absolute atomic E-state index is 4.46. The second kappa shape index (κ2) is 10.5. The molecule has 5 heteroatoms.